The topological polar surface area (TPSA) is 4.36 Å². The van der Waals surface area contributed by atoms with Crippen molar-refractivity contribution in [2.75, 3.05) is 0 Å². The molecule has 0 aliphatic rings. The van der Waals surface area contributed by atoms with Gasteiger partial charge in [0, 0.05) is 27.2 Å². The van der Waals surface area contributed by atoms with Gasteiger partial charge in [-0.1, -0.05) is 34.8 Å². The number of hydrogen-bond acceptors (Lipinski definition) is 0. The van der Waals surface area contributed by atoms with Crippen molar-refractivity contribution in [3.63, 3.8) is 0 Å². The lowest BCUT2D eigenvalue weighted by molar-refractivity contribution is 1.63. The number of nitrogens with zero attached hydrogens (tertiary/aromatic N) is 1. The Kier molecular flexibility index (Phi) is 3.91. The highest BCUT2D eigenvalue weighted by Gasteiger charge is 2.05. The van der Waals surface area contributed by atoms with Crippen LogP contribution in [0.4, 0.5) is 5.69 Å². The predicted octanol–water partition coefficient (Wildman–Crippen LogP) is 5.66. The summed E-state index contributed by atoms with van der Waals surface area (Å²) in [6, 6.07) is 15.2. The maximum absolute atomic E-state index is 5.86. The second kappa shape index (κ2) is 5.42. The lowest BCUT2D eigenvalue weighted by Gasteiger charge is -1.87. The molecule has 4 heteroatoms. The molecule has 0 fully saturated rings. The fraction of sp³-hybridized carbons (Fsp3) is 0. The highest BCUT2D eigenvalue weighted by Crippen LogP contribution is 2.24. The molecule has 0 N–H and O–H groups in total. The van der Waals surface area contributed by atoms with E-state index < -0.39 is 0 Å². The SMILES string of the molecule is Clc1ccc(C#[N+]c2cc(Cl)cc(Cl)c2)cc1. The fourth-order valence-corrected chi connectivity index (χ4v) is 1.90. The van der Waals surface area contributed by atoms with Crippen molar-refractivity contribution in [1.82, 2.24) is 0 Å². The van der Waals surface area contributed by atoms with Gasteiger partial charge in [0.15, 0.2) is 0 Å². The van der Waals surface area contributed by atoms with E-state index in [4.69, 9.17) is 34.8 Å². The standard InChI is InChI=1S/C13H7Cl3N/c14-10-3-1-9(2-4-10)8-17-13-6-11(15)5-12(16)7-13/h1-7H/q+1. The van der Waals surface area contributed by atoms with Gasteiger partial charge in [-0.3, -0.25) is 0 Å². The van der Waals surface area contributed by atoms with E-state index in [9.17, 15) is 0 Å². The minimum absolute atomic E-state index is 0.550. The average molecular weight is 284 g/mol. The summed E-state index contributed by atoms with van der Waals surface area (Å²) in [4.78, 5) is 4.17. The van der Waals surface area contributed by atoms with Crippen LogP contribution in [-0.2, 0) is 0 Å². The fourth-order valence-electron chi connectivity index (χ4n) is 1.26. The van der Waals surface area contributed by atoms with Crippen molar-refractivity contribution in [1.29, 1.82) is 0 Å². The first kappa shape index (κ1) is 12.3. The molecule has 0 saturated carbocycles. The molecule has 0 unspecified atom stereocenters. The van der Waals surface area contributed by atoms with Crippen LogP contribution in [0.2, 0.25) is 15.1 Å². The molecule has 0 saturated heterocycles. The van der Waals surface area contributed by atoms with Crippen LogP contribution in [-0.4, -0.2) is 0 Å². The lowest BCUT2D eigenvalue weighted by Crippen LogP contribution is -1.71. The van der Waals surface area contributed by atoms with Crippen LogP contribution in [0.15, 0.2) is 42.5 Å². The van der Waals surface area contributed by atoms with Crippen molar-refractivity contribution in [2.24, 2.45) is 0 Å². The van der Waals surface area contributed by atoms with E-state index in [1.165, 1.54) is 0 Å². The molecule has 84 valence electrons. The number of hydrogen-bond donors (Lipinski definition) is 0. The smallest absolute Gasteiger partial charge is 0.0843 e. The quantitative estimate of drug-likeness (QED) is 0.587. The van der Waals surface area contributed by atoms with Crippen molar-refractivity contribution in [2.45, 2.75) is 0 Å². The first-order valence-electron chi connectivity index (χ1n) is 4.82. The maximum Gasteiger partial charge on any atom is 0.343 e. The summed E-state index contributed by atoms with van der Waals surface area (Å²) in [7, 11) is 0. The van der Waals surface area contributed by atoms with E-state index in [1.807, 2.05) is 12.1 Å². The third-order valence-electron chi connectivity index (χ3n) is 2.01. The third kappa shape index (κ3) is 3.64. The Labute approximate surface area is 114 Å². The summed E-state index contributed by atoms with van der Waals surface area (Å²) in [5.41, 5.74) is 1.50. The average Bonchev–Trinajstić information content (AvgIpc) is 2.27. The predicted molar refractivity (Wildman–Crippen MR) is 73.9 cm³/mol. The second-order valence-corrected chi connectivity index (χ2v) is 4.67. The Hall–Kier alpha value is -1.20. The van der Waals surface area contributed by atoms with Gasteiger partial charge in [0.2, 0.25) is 0 Å². The molecule has 0 amide bonds. The first-order valence-corrected chi connectivity index (χ1v) is 5.95. The minimum Gasteiger partial charge on any atom is -0.0843 e. The molecule has 0 aliphatic heterocycles. The molecule has 1 nitrogen and oxygen atoms in total. The number of benzene rings is 2. The highest BCUT2D eigenvalue weighted by atomic mass is 35.5. The molecule has 2 aromatic carbocycles. The minimum atomic E-state index is 0.550. The van der Waals surface area contributed by atoms with Crippen LogP contribution < -0.4 is 0 Å². The van der Waals surface area contributed by atoms with Crippen LogP contribution in [0.1, 0.15) is 5.56 Å². The van der Waals surface area contributed by atoms with Gasteiger partial charge in [0.1, 0.15) is 5.56 Å². The van der Waals surface area contributed by atoms with Gasteiger partial charge in [0.25, 0.3) is 0 Å². The Morgan fingerprint density at radius 1 is 0.765 bits per heavy atom. The molecule has 0 atom stereocenters. The Morgan fingerprint density at radius 3 is 1.94 bits per heavy atom. The normalized spacial score (nSPS) is 9.59. The van der Waals surface area contributed by atoms with Crippen LogP contribution >= 0.6 is 34.8 Å². The van der Waals surface area contributed by atoms with Crippen molar-refractivity contribution in [3.8, 4) is 6.07 Å². The van der Waals surface area contributed by atoms with Gasteiger partial charge in [-0.2, -0.15) is 0 Å². The van der Waals surface area contributed by atoms with Crippen molar-refractivity contribution in [3.05, 3.63) is 67.9 Å². The second-order valence-electron chi connectivity index (χ2n) is 3.36. The van der Waals surface area contributed by atoms with E-state index in [0.717, 1.165) is 5.56 Å². The molecular formula is C13H7Cl3N+. The van der Waals surface area contributed by atoms with Gasteiger partial charge in [-0.05, 0) is 35.2 Å². The Morgan fingerprint density at radius 2 is 1.35 bits per heavy atom. The molecule has 17 heavy (non-hydrogen) atoms. The summed E-state index contributed by atoms with van der Waals surface area (Å²) in [5.74, 6) is 0. The number of rotatable bonds is 0. The van der Waals surface area contributed by atoms with Crippen LogP contribution in [0.25, 0.3) is 4.85 Å². The van der Waals surface area contributed by atoms with Gasteiger partial charge in [0.05, 0.1) is 0 Å². The zero-order valence-electron chi connectivity index (χ0n) is 8.62. The monoisotopic (exact) mass is 282 g/mol. The van der Waals surface area contributed by atoms with Crippen LogP contribution in [0.5, 0.6) is 0 Å². The largest absolute Gasteiger partial charge is 0.343 e. The Balaban J connectivity index is 2.29. The summed E-state index contributed by atoms with van der Waals surface area (Å²) < 4.78 is 0. The van der Waals surface area contributed by atoms with Gasteiger partial charge in [-0.15, -0.1) is 0 Å². The zero-order valence-corrected chi connectivity index (χ0v) is 10.9. The molecule has 2 rings (SSSR count). The lowest BCUT2D eigenvalue weighted by atomic mass is 10.2. The van der Waals surface area contributed by atoms with E-state index >= 15 is 0 Å². The molecular weight excluding hydrogens is 277 g/mol. The van der Waals surface area contributed by atoms with E-state index in [2.05, 4.69) is 10.9 Å². The summed E-state index contributed by atoms with van der Waals surface area (Å²) in [6.07, 6.45) is 0. The summed E-state index contributed by atoms with van der Waals surface area (Å²) >= 11 is 17.5. The third-order valence-corrected chi connectivity index (χ3v) is 2.69. The zero-order chi connectivity index (χ0) is 12.3. The maximum atomic E-state index is 5.86. The molecule has 0 heterocycles. The van der Waals surface area contributed by atoms with Crippen molar-refractivity contribution < 1.29 is 0 Å². The van der Waals surface area contributed by atoms with Crippen molar-refractivity contribution >= 4 is 40.5 Å². The van der Waals surface area contributed by atoms with E-state index in [-0.39, 0.29) is 0 Å². The highest BCUT2D eigenvalue weighted by molar-refractivity contribution is 6.35. The summed E-state index contributed by atoms with van der Waals surface area (Å²) in [6.45, 7) is 0. The Bertz CT molecular complexity index is 574. The first-order chi connectivity index (χ1) is 8.13. The van der Waals surface area contributed by atoms with Gasteiger partial charge in [-0.25, -0.2) is 0 Å². The summed E-state index contributed by atoms with van der Waals surface area (Å²) in [5, 5.41) is 1.78. The molecule has 0 bridgehead atoms. The van der Waals surface area contributed by atoms with Gasteiger partial charge < -0.3 is 0 Å². The molecule has 0 spiro atoms. The van der Waals surface area contributed by atoms with Crippen LogP contribution in [0.3, 0.4) is 0 Å². The molecule has 2 aromatic rings. The molecule has 0 radical (unpaired) electrons. The molecule has 0 aliphatic carbocycles. The number of halogens is 3. The molecule has 0 aromatic heterocycles. The van der Waals surface area contributed by atoms with E-state index in [1.54, 1.807) is 30.3 Å². The van der Waals surface area contributed by atoms with E-state index in [0.29, 0.717) is 20.8 Å². The van der Waals surface area contributed by atoms with Crippen LogP contribution in [0, 0.1) is 6.07 Å². The van der Waals surface area contributed by atoms with Gasteiger partial charge >= 0.3 is 11.8 Å².